The van der Waals surface area contributed by atoms with Crippen LogP contribution in [0, 0.1) is 11.6 Å². The standard InChI is InChI=1S/C34H27F2N/c1-34(2)28-14-8-7-13-26(28)27-21-23(17-20-29(27)34)25-19-18-24(22-11-5-4-6-12-22)32(36)33(25)37(3)31-16-10-9-15-30(31)35/h4-21H,1-3H3. The van der Waals surface area contributed by atoms with E-state index in [4.69, 9.17) is 0 Å². The van der Waals surface area contributed by atoms with Crippen LogP contribution >= 0.6 is 0 Å². The van der Waals surface area contributed by atoms with Crippen molar-refractivity contribution in [1.29, 1.82) is 0 Å². The average Bonchev–Trinajstić information content (AvgIpc) is 3.15. The molecule has 37 heavy (non-hydrogen) atoms. The van der Waals surface area contributed by atoms with Gasteiger partial charge in [0, 0.05) is 23.6 Å². The van der Waals surface area contributed by atoms with Crippen molar-refractivity contribution in [2.75, 3.05) is 11.9 Å². The molecule has 0 amide bonds. The molecule has 0 saturated heterocycles. The van der Waals surface area contributed by atoms with Gasteiger partial charge in [-0.05, 0) is 51.6 Å². The molecular weight excluding hydrogens is 460 g/mol. The van der Waals surface area contributed by atoms with E-state index in [2.05, 4.69) is 56.3 Å². The van der Waals surface area contributed by atoms with E-state index in [0.29, 0.717) is 22.5 Å². The quantitative estimate of drug-likeness (QED) is 0.244. The number of nitrogens with zero attached hydrogens (tertiary/aromatic N) is 1. The molecule has 0 aromatic heterocycles. The summed E-state index contributed by atoms with van der Waals surface area (Å²) in [5.41, 5.74) is 8.32. The van der Waals surface area contributed by atoms with Crippen molar-refractivity contribution in [2.45, 2.75) is 19.3 Å². The third-order valence-electron chi connectivity index (χ3n) is 7.64. The Kier molecular flexibility index (Phi) is 5.45. The molecule has 3 heteroatoms. The molecule has 0 saturated carbocycles. The normalized spacial score (nSPS) is 13.2. The monoisotopic (exact) mass is 487 g/mol. The Morgan fingerprint density at radius 2 is 1.22 bits per heavy atom. The highest BCUT2D eigenvalue weighted by atomic mass is 19.1. The Labute approximate surface area is 216 Å². The molecule has 0 heterocycles. The fourth-order valence-electron chi connectivity index (χ4n) is 5.70. The van der Waals surface area contributed by atoms with Gasteiger partial charge >= 0.3 is 0 Å². The van der Waals surface area contributed by atoms with E-state index in [-0.39, 0.29) is 11.2 Å². The van der Waals surface area contributed by atoms with Gasteiger partial charge in [0.25, 0.3) is 0 Å². The molecule has 1 aliphatic rings. The van der Waals surface area contributed by atoms with Crippen LogP contribution in [-0.2, 0) is 5.41 Å². The number of halogens is 2. The predicted octanol–water partition coefficient (Wildman–Crippen LogP) is 9.37. The molecule has 0 radical (unpaired) electrons. The smallest absolute Gasteiger partial charge is 0.155 e. The molecule has 0 spiro atoms. The molecule has 0 bridgehead atoms. The summed E-state index contributed by atoms with van der Waals surface area (Å²) in [6.07, 6.45) is 0. The number of rotatable bonds is 4. The lowest BCUT2D eigenvalue weighted by atomic mass is 9.82. The fourth-order valence-corrected chi connectivity index (χ4v) is 5.70. The van der Waals surface area contributed by atoms with Crippen LogP contribution in [0.5, 0.6) is 0 Å². The maximum atomic E-state index is 16.4. The summed E-state index contributed by atoms with van der Waals surface area (Å²) in [5.74, 6) is -0.777. The molecule has 0 atom stereocenters. The summed E-state index contributed by atoms with van der Waals surface area (Å²) < 4.78 is 31.3. The maximum absolute atomic E-state index is 16.4. The molecule has 1 aliphatic carbocycles. The van der Waals surface area contributed by atoms with E-state index >= 15 is 4.39 Å². The van der Waals surface area contributed by atoms with Crippen LogP contribution in [0.4, 0.5) is 20.2 Å². The van der Waals surface area contributed by atoms with Gasteiger partial charge in [-0.1, -0.05) is 105 Å². The van der Waals surface area contributed by atoms with E-state index in [1.54, 1.807) is 30.1 Å². The first kappa shape index (κ1) is 23.2. The summed E-state index contributed by atoms with van der Waals surface area (Å²) in [4.78, 5) is 1.62. The third-order valence-corrected chi connectivity index (χ3v) is 7.64. The van der Waals surface area contributed by atoms with E-state index in [0.717, 1.165) is 16.7 Å². The van der Waals surface area contributed by atoms with Gasteiger partial charge < -0.3 is 4.90 Å². The maximum Gasteiger partial charge on any atom is 0.155 e. The van der Waals surface area contributed by atoms with Crippen molar-refractivity contribution < 1.29 is 8.78 Å². The fraction of sp³-hybridized carbons (Fsp3) is 0.118. The Morgan fingerprint density at radius 3 is 2.00 bits per heavy atom. The van der Waals surface area contributed by atoms with Crippen molar-refractivity contribution in [3.05, 3.63) is 132 Å². The van der Waals surface area contributed by atoms with Crippen molar-refractivity contribution in [1.82, 2.24) is 0 Å². The SMILES string of the molecule is CN(c1ccccc1F)c1c(-c2ccc3c(c2)-c2ccccc2C3(C)C)ccc(-c2ccccc2)c1F. The highest BCUT2D eigenvalue weighted by molar-refractivity contribution is 5.90. The lowest BCUT2D eigenvalue weighted by Crippen LogP contribution is -2.15. The molecule has 0 aliphatic heterocycles. The van der Waals surface area contributed by atoms with Crippen molar-refractivity contribution in [3.63, 3.8) is 0 Å². The Balaban J connectivity index is 1.59. The summed E-state index contributed by atoms with van der Waals surface area (Å²) in [6.45, 7) is 4.48. The molecular formula is C34H27F2N. The van der Waals surface area contributed by atoms with Crippen LogP contribution in [0.2, 0.25) is 0 Å². The van der Waals surface area contributed by atoms with Crippen LogP contribution in [0.25, 0.3) is 33.4 Å². The molecule has 5 aromatic rings. The number of benzene rings is 5. The zero-order valence-corrected chi connectivity index (χ0v) is 21.1. The Morgan fingerprint density at radius 1 is 0.568 bits per heavy atom. The second-order valence-corrected chi connectivity index (χ2v) is 10.1. The molecule has 0 fully saturated rings. The number of hydrogen-bond acceptors (Lipinski definition) is 1. The Hall–Kier alpha value is -4.24. The first-order valence-electron chi connectivity index (χ1n) is 12.5. The minimum atomic E-state index is -0.398. The second-order valence-electron chi connectivity index (χ2n) is 10.1. The first-order chi connectivity index (χ1) is 17.9. The highest BCUT2D eigenvalue weighted by Gasteiger charge is 2.35. The number of anilines is 2. The van der Waals surface area contributed by atoms with E-state index in [1.165, 1.54) is 22.8 Å². The van der Waals surface area contributed by atoms with Gasteiger partial charge in [-0.2, -0.15) is 0 Å². The number of para-hydroxylation sites is 1. The van der Waals surface area contributed by atoms with E-state index < -0.39 is 5.82 Å². The van der Waals surface area contributed by atoms with E-state index in [9.17, 15) is 4.39 Å². The molecule has 5 aromatic carbocycles. The average molecular weight is 488 g/mol. The summed E-state index contributed by atoms with van der Waals surface area (Å²) >= 11 is 0. The van der Waals surface area contributed by atoms with Gasteiger partial charge in [-0.15, -0.1) is 0 Å². The minimum Gasteiger partial charge on any atom is -0.339 e. The summed E-state index contributed by atoms with van der Waals surface area (Å²) in [7, 11) is 1.72. The summed E-state index contributed by atoms with van der Waals surface area (Å²) in [6, 6.07) is 34.6. The topological polar surface area (TPSA) is 3.24 Å². The molecule has 182 valence electrons. The lowest BCUT2D eigenvalue weighted by Gasteiger charge is -2.26. The zero-order valence-electron chi connectivity index (χ0n) is 21.1. The van der Waals surface area contributed by atoms with Crippen molar-refractivity contribution >= 4 is 11.4 Å². The molecule has 1 nitrogen and oxygen atoms in total. The van der Waals surface area contributed by atoms with Crippen LogP contribution in [0.15, 0.2) is 109 Å². The molecule has 0 unspecified atom stereocenters. The third kappa shape index (κ3) is 3.65. The van der Waals surface area contributed by atoms with Crippen LogP contribution in [-0.4, -0.2) is 7.05 Å². The zero-order chi connectivity index (χ0) is 25.7. The summed E-state index contributed by atoms with van der Waals surface area (Å²) in [5, 5.41) is 0. The number of hydrogen-bond donors (Lipinski definition) is 0. The van der Waals surface area contributed by atoms with Gasteiger partial charge in [-0.3, -0.25) is 0 Å². The Bertz CT molecular complexity index is 1640. The van der Waals surface area contributed by atoms with Crippen LogP contribution in [0.3, 0.4) is 0 Å². The number of fused-ring (bicyclic) bond motifs is 3. The predicted molar refractivity (Wildman–Crippen MR) is 149 cm³/mol. The van der Waals surface area contributed by atoms with Crippen molar-refractivity contribution in [3.8, 4) is 33.4 Å². The van der Waals surface area contributed by atoms with Crippen molar-refractivity contribution in [2.24, 2.45) is 0 Å². The highest BCUT2D eigenvalue weighted by Crippen LogP contribution is 2.50. The molecule has 6 rings (SSSR count). The first-order valence-corrected chi connectivity index (χ1v) is 12.5. The minimum absolute atomic E-state index is 0.111. The van der Waals surface area contributed by atoms with Gasteiger partial charge in [0.2, 0.25) is 0 Å². The largest absolute Gasteiger partial charge is 0.339 e. The van der Waals surface area contributed by atoms with Crippen LogP contribution < -0.4 is 4.90 Å². The van der Waals surface area contributed by atoms with Crippen LogP contribution in [0.1, 0.15) is 25.0 Å². The second kappa shape index (κ2) is 8.70. The molecule has 0 N–H and O–H groups in total. The van der Waals surface area contributed by atoms with E-state index in [1.807, 2.05) is 42.5 Å². The van der Waals surface area contributed by atoms with Gasteiger partial charge in [0.05, 0.1) is 11.4 Å². The van der Waals surface area contributed by atoms with Gasteiger partial charge in [-0.25, -0.2) is 8.78 Å². The lowest BCUT2D eigenvalue weighted by molar-refractivity contribution is 0.619. The van der Waals surface area contributed by atoms with Gasteiger partial charge in [0.1, 0.15) is 5.82 Å². The van der Waals surface area contributed by atoms with Gasteiger partial charge in [0.15, 0.2) is 5.82 Å².